The molecule has 0 spiro atoms. The molecule has 12 heavy (non-hydrogen) atoms. The zero-order chi connectivity index (χ0) is 7.84. The molecular weight excluding hydrogens is 176 g/mol. The molecule has 1 N–H and O–H groups in total. The Hall–Kier alpha value is -1.02. The number of halogens is 1. The molecule has 0 atom stereocenters. The van der Waals surface area contributed by atoms with Crippen LogP contribution in [0.4, 0.5) is 0 Å². The smallest absolute Gasteiger partial charge is 0.335 e. The molecule has 1 aromatic carbocycles. The fourth-order valence-corrected chi connectivity index (χ4v) is 1.33. The normalized spacial score (nSPS) is 12.3. The van der Waals surface area contributed by atoms with Crippen LogP contribution in [0.2, 0.25) is 0 Å². The van der Waals surface area contributed by atoms with Crippen LogP contribution in [-0.4, -0.2) is 11.1 Å². The Morgan fingerprint density at radius 2 is 1.92 bits per heavy atom. The minimum absolute atomic E-state index is 0. The summed E-state index contributed by atoms with van der Waals surface area (Å²) in [5.74, 6) is -0.834. The van der Waals surface area contributed by atoms with Crippen LogP contribution in [0, 0.1) is 0 Å². The summed E-state index contributed by atoms with van der Waals surface area (Å²) < 4.78 is 0. The quantitative estimate of drug-likeness (QED) is 0.724. The first-order valence-corrected chi connectivity index (χ1v) is 3.62. The molecule has 2 nitrogen and oxygen atoms in total. The lowest BCUT2D eigenvalue weighted by molar-refractivity contribution is 0.0696. The van der Waals surface area contributed by atoms with Gasteiger partial charge in [-0.15, -0.1) is 12.4 Å². The van der Waals surface area contributed by atoms with Crippen molar-refractivity contribution in [2.24, 2.45) is 0 Å². The summed E-state index contributed by atoms with van der Waals surface area (Å²) in [4.78, 5) is 10.5. The lowest BCUT2D eigenvalue weighted by Crippen LogP contribution is -2.09. The molecule has 3 heteroatoms. The summed E-state index contributed by atoms with van der Waals surface area (Å²) in [6.07, 6.45) is 2.14. The van der Waals surface area contributed by atoms with Crippen molar-refractivity contribution in [3.8, 4) is 0 Å². The number of carboxylic acids is 1. The van der Waals surface area contributed by atoms with Crippen LogP contribution in [0.25, 0.3) is 0 Å². The van der Waals surface area contributed by atoms with Gasteiger partial charge in [0.05, 0.1) is 5.56 Å². The summed E-state index contributed by atoms with van der Waals surface area (Å²) in [7, 11) is 0. The number of aromatic carboxylic acids is 1. The molecule has 64 valence electrons. The first kappa shape index (κ1) is 9.07. The van der Waals surface area contributed by atoms with Gasteiger partial charge in [0.15, 0.2) is 0 Å². The molecule has 0 unspecified atom stereocenters. The van der Waals surface area contributed by atoms with Crippen LogP contribution in [0.15, 0.2) is 18.2 Å². The number of hydrogen-bond acceptors (Lipinski definition) is 1. The summed E-state index contributed by atoms with van der Waals surface area (Å²) in [6, 6.07) is 5.34. The summed E-state index contributed by atoms with van der Waals surface area (Å²) >= 11 is 0. The number of hydrogen-bond donors (Lipinski definition) is 1. The number of carboxylic acid groups (broad SMARTS) is 1. The third-order valence-electron chi connectivity index (χ3n) is 2.12. The monoisotopic (exact) mass is 184 g/mol. The molecule has 0 amide bonds. The van der Waals surface area contributed by atoms with Gasteiger partial charge in [0, 0.05) is 0 Å². The highest BCUT2D eigenvalue weighted by Gasteiger charge is 2.14. The van der Waals surface area contributed by atoms with Gasteiger partial charge in [-0.3, -0.25) is 0 Å². The van der Waals surface area contributed by atoms with Crippen molar-refractivity contribution >= 4 is 18.4 Å². The van der Waals surface area contributed by atoms with Gasteiger partial charge in [-0.25, -0.2) is 4.79 Å². The SMILES string of the molecule is Cl.O=C(O)c1ccc2c(c1)CC2. The van der Waals surface area contributed by atoms with Crippen LogP contribution < -0.4 is 0 Å². The lowest BCUT2D eigenvalue weighted by atomic mass is 9.87. The predicted molar refractivity (Wildman–Crippen MR) is 48.1 cm³/mol. The van der Waals surface area contributed by atoms with Crippen molar-refractivity contribution < 1.29 is 9.90 Å². The molecule has 0 aliphatic heterocycles. The maximum Gasteiger partial charge on any atom is 0.335 e. The summed E-state index contributed by atoms with van der Waals surface area (Å²) in [5, 5.41) is 8.62. The third-order valence-corrected chi connectivity index (χ3v) is 2.12. The maximum absolute atomic E-state index is 10.5. The van der Waals surface area contributed by atoms with Crippen LogP contribution >= 0.6 is 12.4 Å². The fraction of sp³-hybridized carbons (Fsp3) is 0.222. The second-order valence-corrected chi connectivity index (χ2v) is 2.79. The minimum atomic E-state index is -0.834. The Balaban J connectivity index is 0.000000720. The lowest BCUT2D eigenvalue weighted by Gasteiger charge is -2.18. The molecule has 0 fully saturated rings. The molecule has 1 aliphatic carbocycles. The van der Waals surface area contributed by atoms with E-state index in [1.165, 1.54) is 11.1 Å². The number of aryl methyl sites for hydroxylation is 2. The third kappa shape index (κ3) is 1.30. The Bertz CT molecular complexity index is 320. The average molecular weight is 185 g/mol. The van der Waals surface area contributed by atoms with Crippen molar-refractivity contribution in [1.29, 1.82) is 0 Å². The zero-order valence-corrected chi connectivity index (χ0v) is 7.23. The van der Waals surface area contributed by atoms with E-state index in [4.69, 9.17) is 5.11 Å². The second-order valence-electron chi connectivity index (χ2n) is 2.79. The van der Waals surface area contributed by atoms with Gasteiger partial charge in [0.1, 0.15) is 0 Å². The number of benzene rings is 1. The molecule has 0 aromatic heterocycles. The van der Waals surface area contributed by atoms with E-state index in [1.807, 2.05) is 6.07 Å². The molecule has 2 rings (SSSR count). The molecule has 0 radical (unpaired) electrons. The van der Waals surface area contributed by atoms with E-state index in [0.717, 1.165) is 12.8 Å². The van der Waals surface area contributed by atoms with Gasteiger partial charge in [0.25, 0.3) is 0 Å². The first-order chi connectivity index (χ1) is 5.27. The minimum Gasteiger partial charge on any atom is -0.478 e. The Kier molecular flexibility index (Phi) is 2.38. The van der Waals surface area contributed by atoms with Crippen molar-refractivity contribution in [3.63, 3.8) is 0 Å². The summed E-state index contributed by atoms with van der Waals surface area (Å²) in [5.41, 5.74) is 2.91. The first-order valence-electron chi connectivity index (χ1n) is 3.62. The van der Waals surface area contributed by atoms with Crippen molar-refractivity contribution in [2.45, 2.75) is 12.8 Å². The molecule has 0 saturated heterocycles. The highest BCUT2D eigenvalue weighted by molar-refractivity contribution is 5.88. The van der Waals surface area contributed by atoms with E-state index >= 15 is 0 Å². The van der Waals surface area contributed by atoms with E-state index < -0.39 is 5.97 Å². The van der Waals surface area contributed by atoms with E-state index in [2.05, 4.69) is 0 Å². The average Bonchev–Trinajstić information content (AvgIpc) is 1.91. The van der Waals surface area contributed by atoms with Crippen molar-refractivity contribution in [2.75, 3.05) is 0 Å². The Labute approximate surface area is 76.6 Å². The summed E-state index contributed by atoms with van der Waals surface area (Å²) in [6.45, 7) is 0. The van der Waals surface area contributed by atoms with Crippen LogP contribution in [0.1, 0.15) is 21.5 Å². The van der Waals surface area contributed by atoms with Crippen molar-refractivity contribution in [1.82, 2.24) is 0 Å². The molecule has 0 saturated carbocycles. The maximum atomic E-state index is 10.5. The van der Waals surface area contributed by atoms with Gasteiger partial charge >= 0.3 is 5.97 Å². The van der Waals surface area contributed by atoms with Gasteiger partial charge < -0.3 is 5.11 Å². The highest BCUT2D eigenvalue weighted by atomic mass is 35.5. The van der Waals surface area contributed by atoms with Gasteiger partial charge in [0.2, 0.25) is 0 Å². The topological polar surface area (TPSA) is 37.3 Å². The molecular formula is C9H9ClO2. The molecule has 1 aromatic rings. The molecule has 0 heterocycles. The largest absolute Gasteiger partial charge is 0.478 e. The van der Waals surface area contributed by atoms with E-state index in [1.54, 1.807) is 12.1 Å². The Morgan fingerprint density at radius 1 is 1.25 bits per heavy atom. The van der Waals surface area contributed by atoms with Gasteiger partial charge in [-0.05, 0) is 36.1 Å². The van der Waals surface area contributed by atoms with Gasteiger partial charge in [-0.1, -0.05) is 6.07 Å². The van der Waals surface area contributed by atoms with Crippen LogP contribution in [0.3, 0.4) is 0 Å². The highest BCUT2D eigenvalue weighted by Crippen LogP contribution is 2.23. The van der Waals surface area contributed by atoms with Crippen molar-refractivity contribution in [3.05, 3.63) is 34.9 Å². The fourth-order valence-electron chi connectivity index (χ4n) is 1.33. The van der Waals surface area contributed by atoms with E-state index in [-0.39, 0.29) is 12.4 Å². The number of carbonyl (C=O) groups is 1. The molecule has 0 bridgehead atoms. The standard InChI is InChI=1S/C9H8O2.ClH/c10-9(11)8-4-2-6-1-3-7(6)5-8;/h2,4-5H,1,3H2,(H,10,11);1H. The number of fused-ring (bicyclic) bond motifs is 1. The zero-order valence-electron chi connectivity index (χ0n) is 6.41. The van der Waals surface area contributed by atoms with E-state index in [9.17, 15) is 4.79 Å². The van der Waals surface area contributed by atoms with Crippen LogP contribution in [0.5, 0.6) is 0 Å². The van der Waals surface area contributed by atoms with Gasteiger partial charge in [-0.2, -0.15) is 0 Å². The van der Waals surface area contributed by atoms with E-state index in [0.29, 0.717) is 5.56 Å². The molecule has 1 aliphatic rings. The van der Waals surface area contributed by atoms with Crippen LogP contribution in [-0.2, 0) is 12.8 Å². The number of rotatable bonds is 1. The Morgan fingerprint density at radius 3 is 2.33 bits per heavy atom. The predicted octanol–water partition coefficient (Wildman–Crippen LogP) is 1.91. The second kappa shape index (κ2) is 3.15.